The molecule has 2 aliphatic heterocycles. The third-order valence-corrected chi connectivity index (χ3v) is 5.23. The molecular weight excluding hydrogens is 335 g/mol. The van der Waals surface area contributed by atoms with Gasteiger partial charge in [-0.05, 0) is 25.0 Å². The third kappa shape index (κ3) is 3.50. The maximum atomic E-state index is 13.6. The van der Waals surface area contributed by atoms with Crippen LogP contribution in [-0.2, 0) is 4.74 Å². The van der Waals surface area contributed by atoms with Gasteiger partial charge in [0.25, 0.3) is 5.91 Å². The van der Waals surface area contributed by atoms with Crippen molar-refractivity contribution in [3.05, 3.63) is 41.8 Å². The Kier molecular flexibility index (Phi) is 4.99. The van der Waals surface area contributed by atoms with Crippen LogP contribution in [0.3, 0.4) is 0 Å². The second kappa shape index (κ2) is 7.55. The summed E-state index contributed by atoms with van der Waals surface area (Å²) in [5.74, 6) is -0.378. The van der Waals surface area contributed by atoms with Crippen molar-refractivity contribution in [1.82, 2.24) is 20.0 Å². The number of benzene rings is 1. The van der Waals surface area contributed by atoms with Crippen molar-refractivity contribution in [3.63, 3.8) is 0 Å². The van der Waals surface area contributed by atoms with Crippen LogP contribution in [0.15, 0.2) is 30.5 Å². The summed E-state index contributed by atoms with van der Waals surface area (Å²) in [4.78, 5) is 17.4. The molecule has 1 N–H and O–H groups in total. The number of aromatic amines is 1. The standard InChI is InChI=1S/C19H23FN4O2/c20-15-4-1-3-14(11-15)18-17(12-21-22-18)19(25)24-6-2-5-16(13-24)23-7-9-26-10-8-23/h1,3-4,11-12,16H,2,5-10,13H2,(H,21,22)/t16-/m1/s1. The van der Waals surface area contributed by atoms with E-state index in [0.717, 1.165) is 45.7 Å². The van der Waals surface area contributed by atoms with Crippen LogP contribution in [0.25, 0.3) is 11.3 Å². The molecule has 2 fully saturated rings. The molecule has 0 aliphatic carbocycles. The Labute approximate surface area is 151 Å². The Hall–Kier alpha value is -2.25. The van der Waals surface area contributed by atoms with Crippen molar-refractivity contribution in [2.24, 2.45) is 0 Å². The van der Waals surface area contributed by atoms with E-state index < -0.39 is 0 Å². The summed E-state index contributed by atoms with van der Waals surface area (Å²) in [5, 5.41) is 6.88. The highest BCUT2D eigenvalue weighted by Crippen LogP contribution is 2.25. The molecule has 138 valence electrons. The number of likely N-dealkylation sites (tertiary alicyclic amines) is 1. The number of ether oxygens (including phenoxy) is 1. The van der Waals surface area contributed by atoms with Gasteiger partial charge in [0.1, 0.15) is 5.82 Å². The number of carbonyl (C=O) groups is 1. The van der Waals surface area contributed by atoms with Gasteiger partial charge in [0, 0.05) is 37.8 Å². The van der Waals surface area contributed by atoms with Crippen LogP contribution in [-0.4, -0.2) is 71.3 Å². The predicted molar refractivity (Wildman–Crippen MR) is 95.3 cm³/mol. The molecule has 0 spiro atoms. The average Bonchev–Trinajstić information content (AvgIpc) is 3.18. The van der Waals surface area contributed by atoms with Gasteiger partial charge in [-0.25, -0.2) is 4.39 Å². The lowest BCUT2D eigenvalue weighted by Crippen LogP contribution is -2.52. The van der Waals surface area contributed by atoms with Crippen molar-refractivity contribution in [2.75, 3.05) is 39.4 Å². The molecule has 4 rings (SSSR count). The predicted octanol–water partition coefficient (Wildman–Crippen LogP) is 2.15. The molecule has 6 nitrogen and oxygen atoms in total. The van der Waals surface area contributed by atoms with Crippen LogP contribution in [0, 0.1) is 5.82 Å². The quantitative estimate of drug-likeness (QED) is 0.913. The minimum Gasteiger partial charge on any atom is -0.379 e. The Morgan fingerprint density at radius 2 is 2.12 bits per heavy atom. The van der Waals surface area contributed by atoms with Crippen molar-refractivity contribution < 1.29 is 13.9 Å². The molecule has 0 radical (unpaired) electrons. The third-order valence-electron chi connectivity index (χ3n) is 5.23. The number of H-pyrrole nitrogens is 1. The first-order valence-corrected chi connectivity index (χ1v) is 9.13. The van der Waals surface area contributed by atoms with E-state index in [0.29, 0.717) is 29.4 Å². The van der Waals surface area contributed by atoms with Crippen LogP contribution < -0.4 is 0 Å². The van der Waals surface area contributed by atoms with Crippen molar-refractivity contribution >= 4 is 5.91 Å². The van der Waals surface area contributed by atoms with Gasteiger partial charge in [0.15, 0.2) is 0 Å². The number of morpholine rings is 1. The monoisotopic (exact) mass is 358 g/mol. The Balaban J connectivity index is 1.52. The van der Waals surface area contributed by atoms with Gasteiger partial charge in [0.05, 0.1) is 30.7 Å². The zero-order chi connectivity index (χ0) is 17.9. The molecule has 2 saturated heterocycles. The molecule has 2 aromatic rings. The average molecular weight is 358 g/mol. The van der Waals surface area contributed by atoms with Gasteiger partial charge >= 0.3 is 0 Å². The number of halogens is 1. The number of aromatic nitrogens is 2. The lowest BCUT2D eigenvalue weighted by Gasteiger charge is -2.40. The first-order chi connectivity index (χ1) is 12.7. The van der Waals surface area contributed by atoms with Crippen molar-refractivity contribution in [1.29, 1.82) is 0 Å². The number of nitrogens with zero attached hydrogens (tertiary/aromatic N) is 3. The molecule has 7 heteroatoms. The van der Waals surface area contributed by atoms with E-state index in [1.807, 2.05) is 4.90 Å². The summed E-state index contributed by atoms with van der Waals surface area (Å²) in [5.41, 5.74) is 1.70. The number of hydrogen-bond acceptors (Lipinski definition) is 4. The summed E-state index contributed by atoms with van der Waals surface area (Å²) in [6.45, 7) is 4.83. The van der Waals surface area contributed by atoms with Gasteiger partial charge in [-0.2, -0.15) is 5.10 Å². The topological polar surface area (TPSA) is 61.5 Å². The van der Waals surface area contributed by atoms with Gasteiger partial charge in [0.2, 0.25) is 0 Å². The van der Waals surface area contributed by atoms with Gasteiger partial charge in [-0.1, -0.05) is 12.1 Å². The van der Waals surface area contributed by atoms with Crippen LogP contribution >= 0.6 is 0 Å². The molecule has 0 bridgehead atoms. The second-order valence-corrected chi connectivity index (χ2v) is 6.86. The van der Waals surface area contributed by atoms with Crippen molar-refractivity contribution in [2.45, 2.75) is 18.9 Å². The van der Waals surface area contributed by atoms with Crippen LogP contribution in [0.5, 0.6) is 0 Å². The van der Waals surface area contributed by atoms with E-state index in [2.05, 4.69) is 15.1 Å². The Morgan fingerprint density at radius 3 is 2.92 bits per heavy atom. The van der Waals surface area contributed by atoms with Gasteiger partial charge in [-0.15, -0.1) is 0 Å². The summed E-state index contributed by atoms with van der Waals surface area (Å²) in [6.07, 6.45) is 3.63. The van der Waals surface area contributed by atoms with Crippen LogP contribution in [0.4, 0.5) is 4.39 Å². The fourth-order valence-electron chi connectivity index (χ4n) is 3.86. The first kappa shape index (κ1) is 17.2. The first-order valence-electron chi connectivity index (χ1n) is 9.13. The zero-order valence-electron chi connectivity index (χ0n) is 14.7. The van der Waals surface area contributed by atoms with Gasteiger partial charge < -0.3 is 9.64 Å². The molecule has 2 aliphatic rings. The van der Waals surface area contributed by atoms with E-state index in [4.69, 9.17) is 4.74 Å². The number of rotatable bonds is 3. The highest BCUT2D eigenvalue weighted by Gasteiger charge is 2.30. The van der Waals surface area contributed by atoms with E-state index in [-0.39, 0.29) is 11.7 Å². The zero-order valence-corrected chi connectivity index (χ0v) is 14.7. The van der Waals surface area contributed by atoms with Crippen LogP contribution in [0.1, 0.15) is 23.2 Å². The lowest BCUT2D eigenvalue weighted by atomic mass is 10.0. The molecule has 1 aromatic carbocycles. The number of carbonyl (C=O) groups excluding carboxylic acids is 1. The largest absolute Gasteiger partial charge is 0.379 e. The fraction of sp³-hybridized carbons (Fsp3) is 0.474. The number of nitrogens with one attached hydrogen (secondary N) is 1. The Morgan fingerprint density at radius 1 is 1.27 bits per heavy atom. The summed E-state index contributed by atoms with van der Waals surface area (Å²) < 4.78 is 19.0. The molecular formula is C19H23FN4O2. The van der Waals surface area contributed by atoms with Gasteiger partial charge in [-0.3, -0.25) is 14.8 Å². The summed E-state index contributed by atoms with van der Waals surface area (Å²) in [7, 11) is 0. The molecule has 3 heterocycles. The molecule has 26 heavy (non-hydrogen) atoms. The maximum Gasteiger partial charge on any atom is 0.257 e. The summed E-state index contributed by atoms with van der Waals surface area (Å²) in [6, 6.07) is 6.59. The molecule has 0 saturated carbocycles. The maximum absolute atomic E-state index is 13.6. The molecule has 0 unspecified atom stereocenters. The van der Waals surface area contributed by atoms with E-state index in [1.165, 1.54) is 12.1 Å². The normalized spacial score (nSPS) is 21.7. The SMILES string of the molecule is O=C(c1cn[nH]c1-c1cccc(F)c1)N1CCC[C@@H](N2CCOCC2)C1. The highest BCUT2D eigenvalue weighted by atomic mass is 19.1. The molecule has 1 atom stereocenters. The fourth-order valence-corrected chi connectivity index (χ4v) is 3.86. The molecule has 1 aromatic heterocycles. The summed E-state index contributed by atoms with van der Waals surface area (Å²) >= 11 is 0. The van der Waals surface area contributed by atoms with E-state index >= 15 is 0 Å². The molecule has 1 amide bonds. The van der Waals surface area contributed by atoms with Crippen molar-refractivity contribution in [3.8, 4) is 11.3 Å². The lowest BCUT2D eigenvalue weighted by molar-refractivity contribution is -0.00119. The number of piperidine rings is 1. The number of amides is 1. The minimum atomic E-state index is -0.333. The Bertz CT molecular complexity index is 772. The van der Waals surface area contributed by atoms with E-state index in [1.54, 1.807) is 18.3 Å². The highest BCUT2D eigenvalue weighted by molar-refractivity contribution is 5.99. The smallest absolute Gasteiger partial charge is 0.257 e. The van der Waals surface area contributed by atoms with Crippen LogP contribution in [0.2, 0.25) is 0 Å². The minimum absolute atomic E-state index is 0.0454. The second-order valence-electron chi connectivity index (χ2n) is 6.86. The number of hydrogen-bond donors (Lipinski definition) is 1. The van der Waals surface area contributed by atoms with E-state index in [9.17, 15) is 9.18 Å².